The Labute approximate surface area is 194 Å². The molecule has 0 bridgehead atoms. The molecule has 1 heterocycles. The molecule has 33 heavy (non-hydrogen) atoms. The largest absolute Gasteiger partial charge is 0.341 e. The van der Waals surface area contributed by atoms with Crippen LogP contribution in [0.5, 0.6) is 0 Å². The normalized spacial score (nSPS) is 15.1. The standard InChI is InChI=1S/C26H32FN3O3/c1-4-29(5-2)26(33)23(28-24(31)20-10-8-9-18(3)17-20)19-13-15-30(16-14-19)25(32)21-11-6-7-12-22(21)27/h6-12,17,19,23H,4-5,13-16H2,1-3H3,(H,28,31). The number of nitrogens with zero attached hydrogens (tertiary/aromatic N) is 2. The van der Waals surface area contributed by atoms with E-state index < -0.39 is 11.9 Å². The van der Waals surface area contributed by atoms with Gasteiger partial charge in [0, 0.05) is 31.7 Å². The Morgan fingerprint density at radius 3 is 2.33 bits per heavy atom. The molecule has 2 aromatic rings. The van der Waals surface area contributed by atoms with Crippen molar-refractivity contribution in [1.82, 2.24) is 15.1 Å². The van der Waals surface area contributed by atoms with Crippen LogP contribution in [0.1, 0.15) is 53.0 Å². The Balaban J connectivity index is 1.74. The third kappa shape index (κ3) is 5.78. The minimum atomic E-state index is -0.677. The molecule has 1 fully saturated rings. The number of piperidine rings is 1. The minimum absolute atomic E-state index is 0.0551. The lowest BCUT2D eigenvalue weighted by molar-refractivity contribution is -0.134. The number of carbonyl (C=O) groups excluding carboxylic acids is 3. The maximum atomic E-state index is 14.1. The summed E-state index contributed by atoms with van der Waals surface area (Å²) in [6.07, 6.45) is 1.10. The number of carbonyl (C=O) groups is 3. The predicted molar refractivity (Wildman–Crippen MR) is 125 cm³/mol. The molecule has 7 heteroatoms. The highest BCUT2D eigenvalue weighted by Gasteiger charge is 2.36. The number of rotatable bonds is 7. The first-order chi connectivity index (χ1) is 15.8. The van der Waals surface area contributed by atoms with Gasteiger partial charge in [0.05, 0.1) is 5.56 Å². The van der Waals surface area contributed by atoms with Crippen LogP contribution in [0.3, 0.4) is 0 Å². The molecule has 0 aromatic heterocycles. The van der Waals surface area contributed by atoms with Crippen molar-refractivity contribution in [2.24, 2.45) is 5.92 Å². The van der Waals surface area contributed by atoms with Crippen molar-refractivity contribution in [1.29, 1.82) is 0 Å². The number of halogens is 1. The Hall–Kier alpha value is -3.22. The molecule has 6 nitrogen and oxygen atoms in total. The van der Waals surface area contributed by atoms with Crippen molar-refractivity contribution < 1.29 is 18.8 Å². The number of hydrogen-bond donors (Lipinski definition) is 1. The molecule has 3 rings (SSSR count). The maximum Gasteiger partial charge on any atom is 0.256 e. The zero-order valence-corrected chi connectivity index (χ0v) is 19.5. The van der Waals surface area contributed by atoms with Crippen molar-refractivity contribution in [3.05, 3.63) is 71.0 Å². The number of aryl methyl sites for hydroxylation is 1. The highest BCUT2D eigenvalue weighted by molar-refractivity contribution is 5.98. The monoisotopic (exact) mass is 453 g/mol. The van der Waals surface area contributed by atoms with Gasteiger partial charge < -0.3 is 15.1 Å². The average molecular weight is 454 g/mol. The fourth-order valence-corrected chi connectivity index (χ4v) is 4.36. The van der Waals surface area contributed by atoms with Crippen molar-refractivity contribution in [2.45, 2.75) is 39.7 Å². The van der Waals surface area contributed by atoms with Crippen LogP contribution in [0.4, 0.5) is 4.39 Å². The molecule has 1 N–H and O–H groups in total. The average Bonchev–Trinajstić information content (AvgIpc) is 2.83. The van der Waals surface area contributed by atoms with Gasteiger partial charge in [-0.1, -0.05) is 29.8 Å². The van der Waals surface area contributed by atoms with E-state index in [1.165, 1.54) is 12.1 Å². The van der Waals surface area contributed by atoms with Crippen LogP contribution < -0.4 is 5.32 Å². The summed E-state index contributed by atoms with van der Waals surface area (Å²) in [7, 11) is 0. The molecule has 3 amide bonds. The summed E-state index contributed by atoms with van der Waals surface area (Å²) < 4.78 is 14.1. The number of hydrogen-bond acceptors (Lipinski definition) is 3. The third-order valence-corrected chi connectivity index (χ3v) is 6.31. The van der Waals surface area contributed by atoms with Crippen LogP contribution in [0.2, 0.25) is 0 Å². The number of amides is 3. The van der Waals surface area contributed by atoms with Gasteiger partial charge in [-0.2, -0.15) is 0 Å². The molecule has 1 aliphatic heterocycles. The fourth-order valence-electron chi connectivity index (χ4n) is 4.36. The Morgan fingerprint density at radius 2 is 1.73 bits per heavy atom. The zero-order chi connectivity index (χ0) is 24.0. The molecular formula is C26H32FN3O3. The predicted octanol–water partition coefficient (Wildman–Crippen LogP) is 3.65. The maximum absolute atomic E-state index is 14.1. The van der Waals surface area contributed by atoms with Gasteiger partial charge in [-0.05, 0) is 63.8 Å². The highest BCUT2D eigenvalue weighted by atomic mass is 19.1. The summed E-state index contributed by atoms with van der Waals surface area (Å²) in [5.41, 5.74) is 1.54. The smallest absolute Gasteiger partial charge is 0.256 e. The number of benzene rings is 2. The van der Waals surface area contributed by atoms with E-state index in [4.69, 9.17) is 0 Å². The van der Waals surface area contributed by atoms with E-state index in [-0.39, 0.29) is 29.2 Å². The molecule has 1 atom stereocenters. The van der Waals surface area contributed by atoms with Gasteiger partial charge in [0.25, 0.3) is 11.8 Å². The lowest BCUT2D eigenvalue weighted by Gasteiger charge is -2.37. The first-order valence-corrected chi connectivity index (χ1v) is 11.6. The molecule has 1 saturated heterocycles. The van der Waals surface area contributed by atoms with Gasteiger partial charge in [-0.25, -0.2) is 4.39 Å². The Kier molecular flexibility index (Phi) is 8.20. The SMILES string of the molecule is CCN(CC)C(=O)C(NC(=O)c1cccc(C)c1)C1CCN(C(=O)c2ccccc2F)CC1. The molecule has 0 radical (unpaired) electrons. The second-order valence-electron chi connectivity index (χ2n) is 8.44. The van der Waals surface area contributed by atoms with Gasteiger partial charge in [-0.15, -0.1) is 0 Å². The second kappa shape index (κ2) is 11.1. The summed E-state index contributed by atoms with van der Waals surface area (Å²) in [6, 6.07) is 12.5. The summed E-state index contributed by atoms with van der Waals surface area (Å²) in [4.78, 5) is 42.4. The van der Waals surface area contributed by atoms with Gasteiger partial charge in [-0.3, -0.25) is 14.4 Å². The topological polar surface area (TPSA) is 69.7 Å². The summed E-state index contributed by atoms with van der Waals surface area (Å²) in [5.74, 6) is -1.39. The Bertz CT molecular complexity index is 998. The Morgan fingerprint density at radius 1 is 1.06 bits per heavy atom. The quantitative estimate of drug-likeness (QED) is 0.696. The van der Waals surface area contributed by atoms with Crippen molar-refractivity contribution in [2.75, 3.05) is 26.2 Å². The summed E-state index contributed by atoms with van der Waals surface area (Å²) in [6.45, 7) is 7.65. The van der Waals surface area contributed by atoms with Gasteiger partial charge in [0.15, 0.2) is 0 Å². The van der Waals surface area contributed by atoms with Crippen LogP contribution in [0.25, 0.3) is 0 Å². The molecule has 1 unspecified atom stereocenters. The van der Waals surface area contributed by atoms with E-state index in [9.17, 15) is 18.8 Å². The van der Waals surface area contributed by atoms with Crippen molar-refractivity contribution >= 4 is 17.7 Å². The van der Waals surface area contributed by atoms with E-state index >= 15 is 0 Å². The van der Waals surface area contributed by atoms with Crippen molar-refractivity contribution in [3.8, 4) is 0 Å². The first-order valence-electron chi connectivity index (χ1n) is 11.6. The van der Waals surface area contributed by atoms with Crippen LogP contribution in [0.15, 0.2) is 48.5 Å². The highest BCUT2D eigenvalue weighted by Crippen LogP contribution is 2.24. The van der Waals surface area contributed by atoms with Crippen molar-refractivity contribution in [3.63, 3.8) is 0 Å². The number of likely N-dealkylation sites (tertiary alicyclic amines) is 1. The van der Waals surface area contributed by atoms with Crippen LogP contribution in [-0.2, 0) is 4.79 Å². The summed E-state index contributed by atoms with van der Waals surface area (Å²) in [5, 5.41) is 2.97. The number of nitrogens with one attached hydrogen (secondary N) is 1. The molecular weight excluding hydrogens is 421 g/mol. The van der Waals surface area contributed by atoms with E-state index in [0.29, 0.717) is 44.6 Å². The lowest BCUT2D eigenvalue weighted by atomic mass is 9.87. The molecule has 0 saturated carbocycles. The fraction of sp³-hybridized carbons (Fsp3) is 0.423. The van der Waals surface area contributed by atoms with Crippen LogP contribution >= 0.6 is 0 Å². The van der Waals surface area contributed by atoms with E-state index in [2.05, 4.69) is 5.32 Å². The van der Waals surface area contributed by atoms with E-state index in [0.717, 1.165) is 5.56 Å². The van der Waals surface area contributed by atoms with Gasteiger partial charge >= 0.3 is 0 Å². The van der Waals surface area contributed by atoms with Crippen LogP contribution in [0, 0.1) is 18.7 Å². The second-order valence-corrected chi connectivity index (χ2v) is 8.44. The molecule has 1 aliphatic rings. The minimum Gasteiger partial charge on any atom is -0.341 e. The van der Waals surface area contributed by atoms with Gasteiger partial charge in [0.1, 0.15) is 11.9 Å². The lowest BCUT2D eigenvalue weighted by Crippen LogP contribution is -2.54. The zero-order valence-electron chi connectivity index (χ0n) is 19.5. The first kappa shape index (κ1) is 24.4. The van der Waals surface area contributed by atoms with Gasteiger partial charge in [0.2, 0.25) is 5.91 Å². The molecule has 2 aromatic carbocycles. The molecule has 0 spiro atoms. The number of likely N-dealkylation sites (N-methyl/N-ethyl adjacent to an activating group) is 1. The third-order valence-electron chi connectivity index (χ3n) is 6.31. The molecule has 0 aliphatic carbocycles. The van der Waals surface area contributed by atoms with E-state index in [1.807, 2.05) is 32.9 Å². The molecule has 176 valence electrons. The van der Waals surface area contributed by atoms with Crippen LogP contribution in [-0.4, -0.2) is 59.7 Å². The van der Waals surface area contributed by atoms with E-state index in [1.54, 1.807) is 34.1 Å². The summed E-state index contributed by atoms with van der Waals surface area (Å²) >= 11 is 0.